The third-order valence-corrected chi connectivity index (χ3v) is 9.17. The van der Waals surface area contributed by atoms with Crippen LogP contribution in [0.5, 0.6) is 0 Å². The highest BCUT2D eigenvalue weighted by molar-refractivity contribution is 7.89. The number of sulfonamides is 1. The number of rotatable bonds is 8. The van der Waals surface area contributed by atoms with Gasteiger partial charge in [-0.25, -0.2) is 13.1 Å². The Labute approximate surface area is 217 Å². The minimum absolute atomic E-state index is 0.129. The fourth-order valence-electron chi connectivity index (χ4n) is 5.13. The molecule has 2 saturated heterocycles. The van der Waals surface area contributed by atoms with E-state index in [9.17, 15) is 18.0 Å². The monoisotopic (exact) mass is 523 g/mol. The van der Waals surface area contributed by atoms with Crippen LogP contribution in [0.15, 0.2) is 58.2 Å². The lowest BCUT2D eigenvalue weighted by Crippen LogP contribution is -2.35. The van der Waals surface area contributed by atoms with E-state index in [1.807, 2.05) is 18.2 Å². The third kappa shape index (κ3) is 5.61. The molecule has 196 valence electrons. The van der Waals surface area contributed by atoms with Crippen LogP contribution >= 0.6 is 0 Å². The van der Waals surface area contributed by atoms with Crippen LogP contribution in [0, 0.1) is 0 Å². The maximum Gasteiger partial charge on any atom is 0.274 e. The molecule has 0 radical (unpaired) electrons. The van der Waals surface area contributed by atoms with Crippen LogP contribution in [-0.4, -0.2) is 66.0 Å². The Morgan fingerprint density at radius 1 is 0.838 bits per heavy atom. The fourth-order valence-corrected chi connectivity index (χ4v) is 6.65. The molecule has 0 aliphatic carbocycles. The first-order valence-electron chi connectivity index (χ1n) is 13.0. The van der Waals surface area contributed by atoms with Gasteiger partial charge in [-0.3, -0.25) is 9.59 Å². The predicted octanol–water partition coefficient (Wildman–Crippen LogP) is 2.60. The van der Waals surface area contributed by atoms with Gasteiger partial charge in [0, 0.05) is 30.6 Å². The second-order valence-electron chi connectivity index (χ2n) is 9.74. The van der Waals surface area contributed by atoms with E-state index in [2.05, 4.69) is 15.3 Å². The number of benzene rings is 2. The number of hydrogen-bond donors (Lipinski definition) is 1. The number of hydrogen-bond acceptors (Lipinski definition) is 6. The molecule has 0 atom stereocenters. The highest BCUT2D eigenvalue weighted by atomic mass is 32.2. The first-order valence-corrected chi connectivity index (χ1v) is 14.5. The molecular formula is C27H33N5O4S. The molecular weight excluding hydrogens is 490 g/mol. The zero-order valence-corrected chi connectivity index (χ0v) is 21.8. The third-order valence-electron chi connectivity index (χ3n) is 7.26. The Hall–Kier alpha value is -3.08. The standard InChI is InChI=1S/C27H33N5O4S/c33-26(21-10-12-22(13-11-21)37(35,36)31-16-4-1-5-17-31)28-20-25-23-8-2-3-9-24(23)27(34)32(29-25)19-18-30-14-6-7-15-30/h2-3,8-13H,1,4-7,14-20H2,(H,28,33). The average Bonchev–Trinajstić information content (AvgIpc) is 3.46. The molecule has 1 amide bonds. The summed E-state index contributed by atoms with van der Waals surface area (Å²) in [7, 11) is -3.55. The zero-order valence-electron chi connectivity index (χ0n) is 20.9. The first kappa shape index (κ1) is 25.6. The summed E-state index contributed by atoms with van der Waals surface area (Å²) in [6.07, 6.45) is 5.15. The van der Waals surface area contributed by atoms with Crippen LogP contribution in [0.2, 0.25) is 0 Å². The summed E-state index contributed by atoms with van der Waals surface area (Å²) in [4.78, 5) is 28.4. The van der Waals surface area contributed by atoms with Crippen molar-refractivity contribution in [3.8, 4) is 0 Å². The number of piperidine rings is 1. The Morgan fingerprint density at radius 3 is 2.19 bits per heavy atom. The van der Waals surface area contributed by atoms with Gasteiger partial charge >= 0.3 is 0 Å². The van der Waals surface area contributed by atoms with Crippen molar-refractivity contribution in [2.75, 3.05) is 32.7 Å². The number of nitrogens with zero attached hydrogens (tertiary/aromatic N) is 4. The maximum atomic E-state index is 13.0. The number of nitrogens with one attached hydrogen (secondary N) is 1. The van der Waals surface area contributed by atoms with Gasteiger partial charge < -0.3 is 10.2 Å². The van der Waals surface area contributed by atoms with Gasteiger partial charge in [0.1, 0.15) is 0 Å². The second kappa shape index (κ2) is 11.1. The van der Waals surface area contributed by atoms with Crippen LogP contribution in [-0.2, 0) is 23.1 Å². The lowest BCUT2D eigenvalue weighted by molar-refractivity contribution is 0.0950. The number of fused-ring (bicyclic) bond motifs is 1. The highest BCUT2D eigenvalue weighted by Crippen LogP contribution is 2.21. The normalized spacial score (nSPS) is 17.3. The lowest BCUT2D eigenvalue weighted by atomic mass is 10.1. The van der Waals surface area contributed by atoms with Crippen LogP contribution in [0.3, 0.4) is 0 Å². The SMILES string of the molecule is O=C(NCc1nn(CCN2CCCC2)c(=O)c2ccccc12)c1ccc(S(=O)(=O)N2CCCCC2)cc1. The molecule has 0 saturated carbocycles. The number of carbonyl (C=O) groups is 1. The van der Waals surface area contributed by atoms with Gasteiger partial charge in [-0.05, 0) is 69.1 Å². The van der Waals surface area contributed by atoms with E-state index in [1.165, 1.54) is 46.1 Å². The van der Waals surface area contributed by atoms with Crippen molar-refractivity contribution in [3.05, 3.63) is 70.1 Å². The van der Waals surface area contributed by atoms with Gasteiger partial charge in [0.2, 0.25) is 10.0 Å². The van der Waals surface area contributed by atoms with E-state index in [1.54, 1.807) is 6.07 Å². The van der Waals surface area contributed by atoms with Gasteiger partial charge in [0.15, 0.2) is 0 Å². The summed E-state index contributed by atoms with van der Waals surface area (Å²) in [6, 6.07) is 13.4. The van der Waals surface area contributed by atoms with E-state index < -0.39 is 10.0 Å². The second-order valence-corrected chi connectivity index (χ2v) is 11.7. The van der Waals surface area contributed by atoms with Gasteiger partial charge in [-0.2, -0.15) is 9.40 Å². The number of carbonyl (C=O) groups excluding carboxylic acids is 1. The molecule has 1 N–H and O–H groups in total. The number of aromatic nitrogens is 2. The van der Waals surface area contributed by atoms with Gasteiger partial charge in [-0.15, -0.1) is 0 Å². The molecule has 10 heteroatoms. The fraction of sp³-hybridized carbons (Fsp3) is 0.444. The van der Waals surface area contributed by atoms with E-state index in [-0.39, 0.29) is 22.9 Å². The first-order chi connectivity index (χ1) is 17.9. The molecule has 1 aromatic heterocycles. The summed E-state index contributed by atoms with van der Waals surface area (Å²) < 4.78 is 28.8. The topological polar surface area (TPSA) is 105 Å². The van der Waals surface area contributed by atoms with Gasteiger partial charge in [0.05, 0.1) is 29.1 Å². The van der Waals surface area contributed by atoms with Crippen LogP contribution in [0.25, 0.3) is 10.8 Å². The Morgan fingerprint density at radius 2 is 1.49 bits per heavy atom. The zero-order chi connectivity index (χ0) is 25.8. The minimum Gasteiger partial charge on any atom is -0.346 e. The van der Waals surface area contributed by atoms with Gasteiger partial charge in [0.25, 0.3) is 11.5 Å². The quantitative estimate of drug-likeness (QED) is 0.487. The van der Waals surface area contributed by atoms with E-state index in [0.717, 1.165) is 38.9 Å². The summed E-state index contributed by atoms with van der Waals surface area (Å²) in [5.41, 5.74) is 0.855. The van der Waals surface area contributed by atoms with Crippen molar-refractivity contribution in [1.29, 1.82) is 0 Å². The molecule has 3 aromatic rings. The predicted molar refractivity (Wildman–Crippen MR) is 142 cm³/mol. The van der Waals surface area contributed by atoms with Crippen molar-refractivity contribution < 1.29 is 13.2 Å². The van der Waals surface area contributed by atoms with Crippen LogP contribution in [0.1, 0.15) is 48.2 Å². The molecule has 2 fully saturated rings. The summed E-state index contributed by atoms with van der Waals surface area (Å²) in [5.74, 6) is -0.331. The average molecular weight is 524 g/mol. The lowest BCUT2D eigenvalue weighted by Gasteiger charge is -2.25. The van der Waals surface area contributed by atoms with E-state index in [4.69, 9.17) is 0 Å². The highest BCUT2D eigenvalue weighted by Gasteiger charge is 2.26. The van der Waals surface area contributed by atoms with Crippen molar-refractivity contribution in [2.45, 2.75) is 50.1 Å². The van der Waals surface area contributed by atoms with Crippen LogP contribution in [0.4, 0.5) is 0 Å². The number of amides is 1. The molecule has 2 aliphatic rings. The van der Waals surface area contributed by atoms with E-state index >= 15 is 0 Å². The molecule has 0 bridgehead atoms. The summed E-state index contributed by atoms with van der Waals surface area (Å²) in [5, 5.41) is 8.78. The molecule has 5 rings (SSSR count). The van der Waals surface area contributed by atoms with Crippen molar-refractivity contribution >= 4 is 26.7 Å². The Kier molecular flexibility index (Phi) is 7.68. The molecule has 9 nitrogen and oxygen atoms in total. The molecule has 2 aliphatic heterocycles. The Balaban J connectivity index is 1.30. The summed E-state index contributed by atoms with van der Waals surface area (Å²) >= 11 is 0. The molecule has 2 aromatic carbocycles. The maximum absolute atomic E-state index is 13.0. The largest absolute Gasteiger partial charge is 0.346 e. The van der Waals surface area contributed by atoms with Crippen LogP contribution < -0.4 is 10.9 Å². The molecule has 3 heterocycles. The minimum atomic E-state index is -3.55. The van der Waals surface area contributed by atoms with E-state index in [0.29, 0.717) is 41.7 Å². The Bertz CT molecular complexity index is 1420. The molecule has 0 unspecified atom stereocenters. The van der Waals surface area contributed by atoms with Crippen molar-refractivity contribution in [2.24, 2.45) is 0 Å². The summed E-state index contributed by atoms with van der Waals surface area (Å²) in [6.45, 7) is 4.57. The van der Waals surface area contributed by atoms with Crippen molar-refractivity contribution in [1.82, 2.24) is 24.3 Å². The van der Waals surface area contributed by atoms with Gasteiger partial charge in [-0.1, -0.05) is 24.6 Å². The van der Waals surface area contributed by atoms with Crippen molar-refractivity contribution in [3.63, 3.8) is 0 Å². The number of likely N-dealkylation sites (tertiary alicyclic amines) is 1. The molecule has 37 heavy (non-hydrogen) atoms. The smallest absolute Gasteiger partial charge is 0.274 e. The molecule has 0 spiro atoms.